The minimum absolute atomic E-state index is 0.0780. The van der Waals surface area contributed by atoms with Crippen molar-refractivity contribution in [2.24, 2.45) is 0 Å². The van der Waals surface area contributed by atoms with Gasteiger partial charge in [-0.2, -0.15) is 0 Å². The van der Waals surface area contributed by atoms with Crippen molar-refractivity contribution in [1.29, 1.82) is 0 Å². The molecule has 1 aliphatic rings. The van der Waals surface area contributed by atoms with Crippen molar-refractivity contribution >= 4 is 21.4 Å². The van der Waals surface area contributed by atoms with Crippen LogP contribution in [0.25, 0.3) is 0 Å². The van der Waals surface area contributed by atoms with Gasteiger partial charge in [-0.3, -0.25) is 0 Å². The van der Waals surface area contributed by atoms with Crippen LogP contribution in [0.3, 0.4) is 0 Å². The van der Waals surface area contributed by atoms with Gasteiger partial charge in [0.05, 0.1) is 17.5 Å². The third kappa shape index (κ3) is 6.45. The molecule has 11 heteroatoms. The SMILES string of the molecule is CC1CN(c2c(F)c(F)c(NCCCCCNS(=O)(=O)C(C)C)c(F)c2F)CC(C)O1. The Labute approximate surface area is 181 Å². The smallest absolute Gasteiger partial charge is 0.213 e. The second-order valence-corrected chi connectivity index (χ2v) is 10.4. The van der Waals surface area contributed by atoms with Gasteiger partial charge in [-0.05, 0) is 40.5 Å². The van der Waals surface area contributed by atoms with Gasteiger partial charge in [-0.25, -0.2) is 30.7 Å². The van der Waals surface area contributed by atoms with Crippen LogP contribution in [-0.2, 0) is 14.8 Å². The van der Waals surface area contributed by atoms with E-state index in [0.717, 1.165) is 0 Å². The summed E-state index contributed by atoms with van der Waals surface area (Å²) in [6.45, 7) is 7.13. The van der Waals surface area contributed by atoms with Crippen LogP contribution in [0.5, 0.6) is 0 Å². The molecule has 1 aromatic rings. The highest BCUT2D eigenvalue weighted by molar-refractivity contribution is 7.90. The number of nitrogens with zero attached hydrogens (tertiary/aromatic N) is 1. The zero-order valence-corrected chi connectivity index (χ0v) is 19.1. The average Bonchev–Trinajstić information content (AvgIpc) is 2.67. The lowest BCUT2D eigenvalue weighted by atomic mass is 10.1. The predicted octanol–water partition coefficient (Wildman–Crippen LogP) is 3.77. The Balaban J connectivity index is 1.96. The summed E-state index contributed by atoms with van der Waals surface area (Å²) in [6, 6.07) is 0. The molecule has 31 heavy (non-hydrogen) atoms. The van der Waals surface area contributed by atoms with Crippen LogP contribution in [0, 0.1) is 23.3 Å². The highest BCUT2D eigenvalue weighted by Crippen LogP contribution is 2.35. The van der Waals surface area contributed by atoms with Crippen molar-refractivity contribution in [3.05, 3.63) is 23.3 Å². The minimum Gasteiger partial charge on any atom is -0.380 e. The van der Waals surface area contributed by atoms with Crippen LogP contribution in [0.15, 0.2) is 0 Å². The predicted molar refractivity (Wildman–Crippen MR) is 113 cm³/mol. The second kappa shape index (κ2) is 10.8. The van der Waals surface area contributed by atoms with Crippen molar-refractivity contribution in [1.82, 2.24) is 4.72 Å². The molecule has 1 heterocycles. The molecule has 2 unspecified atom stereocenters. The van der Waals surface area contributed by atoms with Crippen LogP contribution in [0.2, 0.25) is 0 Å². The second-order valence-electron chi connectivity index (χ2n) is 8.12. The topological polar surface area (TPSA) is 70.7 Å². The number of anilines is 2. The fourth-order valence-electron chi connectivity index (χ4n) is 3.43. The quantitative estimate of drug-likeness (QED) is 0.310. The molecular formula is C20H31F4N3O3S. The molecule has 178 valence electrons. The van der Waals surface area contributed by atoms with Crippen LogP contribution >= 0.6 is 0 Å². The Morgan fingerprint density at radius 3 is 1.97 bits per heavy atom. The van der Waals surface area contributed by atoms with Crippen molar-refractivity contribution < 1.29 is 30.7 Å². The van der Waals surface area contributed by atoms with Gasteiger partial charge in [0.1, 0.15) is 11.4 Å². The first-order chi connectivity index (χ1) is 14.5. The monoisotopic (exact) mass is 469 g/mol. The zero-order chi connectivity index (χ0) is 23.3. The Bertz CT molecular complexity index is 829. The largest absolute Gasteiger partial charge is 0.380 e. The number of halogens is 4. The fourth-order valence-corrected chi connectivity index (χ4v) is 4.20. The molecule has 0 aromatic heterocycles. The summed E-state index contributed by atoms with van der Waals surface area (Å²) < 4.78 is 89.5. The van der Waals surface area contributed by atoms with Crippen molar-refractivity contribution in [3.63, 3.8) is 0 Å². The van der Waals surface area contributed by atoms with Crippen LogP contribution in [-0.4, -0.2) is 52.1 Å². The van der Waals surface area contributed by atoms with Crippen LogP contribution in [0.4, 0.5) is 28.9 Å². The van der Waals surface area contributed by atoms with Crippen molar-refractivity contribution in [3.8, 4) is 0 Å². The van der Waals surface area contributed by atoms with E-state index < -0.39 is 49.9 Å². The number of rotatable bonds is 10. The summed E-state index contributed by atoms with van der Waals surface area (Å²) in [7, 11) is -3.34. The van der Waals surface area contributed by atoms with E-state index in [1.165, 1.54) is 4.90 Å². The number of benzene rings is 1. The van der Waals surface area contributed by atoms with Crippen LogP contribution < -0.4 is 14.9 Å². The number of sulfonamides is 1. The van der Waals surface area contributed by atoms with Gasteiger partial charge in [-0.15, -0.1) is 0 Å². The normalized spacial score (nSPS) is 19.8. The van der Waals surface area contributed by atoms with E-state index in [4.69, 9.17) is 4.74 Å². The minimum atomic E-state index is -3.34. The molecule has 1 saturated heterocycles. The maximum Gasteiger partial charge on any atom is 0.213 e. The van der Waals surface area contributed by atoms with E-state index in [0.29, 0.717) is 19.3 Å². The third-order valence-corrected chi connectivity index (χ3v) is 6.90. The summed E-state index contributed by atoms with van der Waals surface area (Å²) in [6.07, 6.45) is 0.844. The van der Waals surface area contributed by atoms with E-state index in [1.54, 1.807) is 27.7 Å². The highest BCUT2D eigenvalue weighted by Gasteiger charge is 2.32. The van der Waals surface area contributed by atoms with Gasteiger partial charge in [-0.1, -0.05) is 6.42 Å². The van der Waals surface area contributed by atoms with Gasteiger partial charge < -0.3 is 15.0 Å². The van der Waals surface area contributed by atoms with E-state index in [2.05, 4.69) is 10.0 Å². The summed E-state index contributed by atoms with van der Waals surface area (Å²) in [4.78, 5) is 1.26. The Morgan fingerprint density at radius 1 is 0.935 bits per heavy atom. The summed E-state index contributed by atoms with van der Waals surface area (Å²) >= 11 is 0. The molecule has 0 saturated carbocycles. The standard InChI is InChI=1S/C20H31F4N3O3S/c1-12(2)31(28,29)26-9-7-5-6-8-25-19-15(21)17(23)20(18(24)16(19)22)27-10-13(3)30-14(4)11-27/h12-14,25-26H,5-11H2,1-4H3. The molecule has 0 amide bonds. The molecule has 1 fully saturated rings. The van der Waals surface area contributed by atoms with E-state index in [1.807, 2.05) is 0 Å². The third-order valence-electron chi connectivity index (χ3n) is 5.06. The molecule has 2 N–H and O–H groups in total. The van der Waals surface area contributed by atoms with E-state index in [9.17, 15) is 26.0 Å². The highest BCUT2D eigenvalue weighted by atomic mass is 32.2. The lowest BCUT2D eigenvalue weighted by molar-refractivity contribution is -0.00565. The first-order valence-corrected chi connectivity index (χ1v) is 12.0. The molecular weight excluding hydrogens is 438 g/mol. The maximum absolute atomic E-state index is 14.6. The zero-order valence-electron chi connectivity index (χ0n) is 18.3. The van der Waals surface area contributed by atoms with Gasteiger partial charge in [0.2, 0.25) is 10.0 Å². The first kappa shape index (κ1) is 25.7. The maximum atomic E-state index is 14.6. The lowest BCUT2D eigenvalue weighted by Crippen LogP contribution is -2.46. The first-order valence-electron chi connectivity index (χ1n) is 10.4. The number of morpholine rings is 1. The van der Waals surface area contributed by atoms with Gasteiger partial charge in [0.15, 0.2) is 23.3 Å². The molecule has 6 nitrogen and oxygen atoms in total. The summed E-state index contributed by atoms with van der Waals surface area (Å²) in [5, 5.41) is 1.89. The number of nitrogens with one attached hydrogen (secondary N) is 2. The average molecular weight is 470 g/mol. The molecule has 0 spiro atoms. The molecule has 2 atom stereocenters. The number of ether oxygens (including phenoxy) is 1. The Kier molecular flexibility index (Phi) is 8.96. The molecule has 0 radical (unpaired) electrons. The molecule has 1 aliphatic heterocycles. The molecule has 0 aliphatic carbocycles. The summed E-state index contributed by atoms with van der Waals surface area (Å²) in [5.74, 6) is -5.81. The van der Waals surface area contributed by atoms with Gasteiger partial charge >= 0.3 is 0 Å². The van der Waals surface area contributed by atoms with Crippen LogP contribution in [0.1, 0.15) is 47.0 Å². The van der Waals surface area contributed by atoms with Crippen molar-refractivity contribution in [2.45, 2.75) is 64.4 Å². The van der Waals surface area contributed by atoms with E-state index in [-0.39, 0.29) is 38.4 Å². The number of hydrogen-bond acceptors (Lipinski definition) is 5. The van der Waals surface area contributed by atoms with Gasteiger partial charge in [0, 0.05) is 26.2 Å². The molecule has 2 rings (SSSR count). The molecule has 1 aromatic carbocycles. The number of unbranched alkanes of at least 4 members (excludes halogenated alkanes) is 2. The molecule has 0 bridgehead atoms. The Hall–Kier alpha value is -1.59. The Morgan fingerprint density at radius 2 is 1.45 bits per heavy atom. The van der Waals surface area contributed by atoms with E-state index >= 15 is 0 Å². The number of hydrogen-bond donors (Lipinski definition) is 2. The van der Waals surface area contributed by atoms with Crippen molar-refractivity contribution in [2.75, 3.05) is 36.4 Å². The lowest BCUT2D eigenvalue weighted by Gasteiger charge is -2.37. The fraction of sp³-hybridized carbons (Fsp3) is 0.700. The van der Waals surface area contributed by atoms with Gasteiger partial charge in [0.25, 0.3) is 0 Å². The summed E-state index contributed by atoms with van der Waals surface area (Å²) in [5.41, 5.74) is -1.56.